The number of sulfonamides is 1. The van der Waals surface area contributed by atoms with Crippen molar-refractivity contribution in [2.45, 2.75) is 50.1 Å². The van der Waals surface area contributed by atoms with Crippen LogP contribution in [-0.4, -0.2) is 43.6 Å². The fraction of sp³-hybridized carbons (Fsp3) is 0.562. The standard InChI is InChI=1S/C13H19NO4S.C3H10N2/c1-14(11-7-3-6-10-13(15)16)19(17,18)12-8-4-2-5-9-12;1-2-3(4)5/h2,4-5,8-9H,3,6-7,10-11H2,1H3,(H,15,16);3H,2,4-5H2,1H3. The van der Waals surface area contributed by atoms with Gasteiger partial charge in [0.1, 0.15) is 0 Å². The third-order valence-corrected chi connectivity index (χ3v) is 5.16. The van der Waals surface area contributed by atoms with E-state index in [-0.39, 0.29) is 17.5 Å². The number of benzene rings is 1. The van der Waals surface area contributed by atoms with Gasteiger partial charge in [-0.15, -0.1) is 0 Å². The van der Waals surface area contributed by atoms with Crippen LogP contribution in [0.1, 0.15) is 39.0 Å². The molecule has 1 rings (SSSR count). The number of aliphatic carboxylic acids is 1. The van der Waals surface area contributed by atoms with Crippen LogP contribution in [0.15, 0.2) is 35.2 Å². The Morgan fingerprint density at radius 3 is 2.17 bits per heavy atom. The number of carbonyl (C=O) groups is 1. The highest BCUT2D eigenvalue weighted by atomic mass is 32.2. The normalized spacial score (nSPS) is 11.2. The maximum absolute atomic E-state index is 12.1. The Kier molecular flexibility index (Phi) is 11.2. The fourth-order valence-corrected chi connectivity index (χ4v) is 2.91. The molecule has 0 radical (unpaired) electrons. The van der Waals surface area contributed by atoms with E-state index in [1.54, 1.807) is 37.4 Å². The second-order valence-corrected chi connectivity index (χ2v) is 7.46. The summed E-state index contributed by atoms with van der Waals surface area (Å²) in [4.78, 5) is 10.6. The zero-order valence-corrected chi connectivity index (χ0v) is 15.2. The lowest BCUT2D eigenvalue weighted by atomic mass is 10.2. The largest absolute Gasteiger partial charge is 0.481 e. The van der Waals surface area contributed by atoms with Crippen LogP contribution >= 0.6 is 0 Å². The van der Waals surface area contributed by atoms with Gasteiger partial charge in [0.05, 0.1) is 11.1 Å². The quantitative estimate of drug-likeness (QED) is 0.454. The number of hydrogen-bond donors (Lipinski definition) is 3. The predicted octanol–water partition coefficient (Wildman–Crippen LogP) is 1.59. The van der Waals surface area contributed by atoms with Crippen molar-refractivity contribution in [2.24, 2.45) is 11.5 Å². The Labute approximate surface area is 144 Å². The zero-order valence-electron chi connectivity index (χ0n) is 14.4. The topological polar surface area (TPSA) is 127 Å². The Morgan fingerprint density at radius 1 is 1.17 bits per heavy atom. The second kappa shape index (κ2) is 12.0. The maximum atomic E-state index is 12.1. The number of carboxylic acid groups (broad SMARTS) is 1. The summed E-state index contributed by atoms with van der Waals surface area (Å²) < 4.78 is 25.6. The molecular formula is C16H29N3O4S. The molecule has 7 nitrogen and oxygen atoms in total. The number of rotatable bonds is 9. The molecule has 8 heteroatoms. The number of hydrogen-bond acceptors (Lipinski definition) is 5. The second-order valence-electron chi connectivity index (χ2n) is 5.42. The molecule has 0 aliphatic carbocycles. The number of unbranched alkanes of at least 4 members (excludes halogenated alkanes) is 2. The van der Waals surface area contributed by atoms with Crippen LogP contribution in [0.3, 0.4) is 0 Å². The highest BCUT2D eigenvalue weighted by molar-refractivity contribution is 7.89. The first kappa shape index (κ1) is 22.5. The van der Waals surface area contributed by atoms with E-state index in [0.29, 0.717) is 25.8 Å². The van der Waals surface area contributed by atoms with Gasteiger partial charge < -0.3 is 16.6 Å². The van der Waals surface area contributed by atoms with Crippen LogP contribution in [0.4, 0.5) is 0 Å². The molecule has 1 aromatic carbocycles. The van der Waals surface area contributed by atoms with E-state index in [1.807, 2.05) is 6.92 Å². The van der Waals surface area contributed by atoms with Crippen LogP contribution in [0.2, 0.25) is 0 Å². The van der Waals surface area contributed by atoms with Crippen LogP contribution in [0, 0.1) is 0 Å². The first-order chi connectivity index (χ1) is 11.2. The molecule has 138 valence electrons. The summed E-state index contributed by atoms with van der Waals surface area (Å²) in [5.41, 5.74) is 10.1. The molecule has 24 heavy (non-hydrogen) atoms. The van der Waals surface area contributed by atoms with Crippen molar-refractivity contribution in [3.05, 3.63) is 30.3 Å². The van der Waals surface area contributed by atoms with Gasteiger partial charge in [0.2, 0.25) is 10.0 Å². The number of nitrogens with zero attached hydrogens (tertiary/aromatic N) is 1. The van der Waals surface area contributed by atoms with Crippen molar-refractivity contribution >= 4 is 16.0 Å². The van der Waals surface area contributed by atoms with Crippen LogP contribution in [0.5, 0.6) is 0 Å². The Hall–Kier alpha value is -1.48. The molecule has 0 heterocycles. The van der Waals surface area contributed by atoms with Gasteiger partial charge in [0.15, 0.2) is 0 Å². The summed E-state index contributed by atoms with van der Waals surface area (Å²) in [5.74, 6) is -0.815. The van der Waals surface area contributed by atoms with Gasteiger partial charge in [-0.1, -0.05) is 31.5 Å². The predicted molar refractivity (Wildman–Crippen MR) is 94.8 cm³/mol. The minimum absolute atomic E-state index is 0.116. The first-order valence-corrected chi connectivity index (χ1v) is 9.40. The van der Waals surface area contributed by atoms with Crippen LogP contribution in [-0.2, 0) is 14.8 Å². The van der Waals surface area contributed by atoms with E-state index >= 15 is 0 Å². The van der Waals surface area contributed by atoms with E-state index in [4.69, 9.17) is 16.6 Å². The minimum Gasteiger partial charge on any atom is -0.481 e. The van der Waals surface area contributed by atoms with Crippen molar-refractivity contribution in [1.29, 1.82) is 0 Å². The molecule has 0 fully saturated rings. The van der Waals surface area contributed by atoms with E-state index in [2.05, 4.69) is 0 Å². The molecule has 0 aliphatic rings. The molecule has 0 unspecified atom stereocenters. The average molecular weight is 359 g/mol. The molecular weight excluding hydrogens is 330 g/mol. The van der Waals surface area contributed by atoms with E-state index in [1.165, 1.54) is 4.31 Å². The van der Waals surface area contributed by atoms with E-state index in [9.17, 15) is 13.2 Å². The van der Waals surface area contributed by atoms with Crippen molar-refractivity contribution < 1.29 is 18.3 Å². The van der Waals surface area contributed by atoms with E-state index in [0.717, 1.165) is 6.42 Å². The highest BCUT2D eigenvalue weighted by Crippen LogP contribution is 2.14. The average Bonchev–Trinajstić information content (AvgIpc) is 2.55. The summed E-state index contributed by atoms with van der Waals surface area (Å²) in [5, 5.41) is 8.49. The summed E-state index contributed by atoms with van der Waals surface area (Å²) in [7, 11) is -1.88. The van der Waals surface area contributed by atoms with Crippen molar-refractivity contribution in [2.75, 3.05) is 13.6 Å². The third kappa shape index (κ3) is 9.61. The van der Waals surface area contributed by atoms with Gasteiger partial charge in [-0.05, 0) is 31.4 Å². The minimum atomic E-state index is -3.43. The molecule has 1 aromatic rings. The molecule has 0 atom stereocenters. The first-order valence-electron chi connectivity index (χ1n) is 7.96. The molecule has 0 bridgehead atoms. The third-order valence-electron chi connectivity index (χ3n) is 3.29. The van der Waals surface area contributed by atoms with Gasteiger partial charge in [-0.2, -0.15) is 0 Å². The van der Waals surface area contributed by atoms with Gasteiger partial charge in [-0.25, -0.2) is 12.7 Å². The lowest BCUT2D eigenvalue weighted by molar-refractivity contribution is -0.137. The van der Waals surface area contributed by atoms with Crippen LogP contribution in [0.25, 0.3) is 0 Å². The lowest BCUT2D eigenvalue weighted by Gasteiger charge is -2.16. The SMILES string of the molecule is CCC(N)N.CN(CCCCCC(=O)O)S(=O)(=O)c1ccccc1. The summed E-state index contributed by atoms with van der Waals surface area (Å²) in [6.45, 7) is 2.35. The monoisotopic (exact) mass is 359 g/mol. The Bertz CT molecular complexity index is 562. The van der Waals surface area contributed by atoms with Crippen LogP contribution < -0.4 is 11.5 Å². The molecule has 0 aliphatic heterocycles. The van der Waals surface area contributed by atoms with Gasteiger partial charge in [0, 0.05) is 20.0 Å². The molecule has 0 amide bonds. The van der Waals surface area contributed by atoms with E-state index < -0.39 is 16.0 Å². The molecule has 5 N–H and O–H groups in total. The maximum Gasteiger partial charge on any atom is 0.303 e. The zero-order chi connectivity index (χ0) is 18.6. The lowest BCUT2D eigenvalue weighted by Crippen LogP contribution is -2.28. The van der Waals surface area contributed by atoms with Crippen molar-refractivity contribution in [3.63, 3.8) is 0 Å². The number of nitrogens with two attached hydrogens (primary N) is 2. The fourth-order valence-electron chi connectivity index (χ4n) is 1.68. The van der Waals surface area contributed by atoms with Crippen molar-refractivity contribution in [1.82, 2.24) is 4.31 Å². The smallest absolute Gasteiger partial charge is 0.303 e. The Morgan fingerprint density at radius 2 is 1.71 bits per heavy atom. The summed E-state index contributed by atoms with van der Waals surface area (Å²) in [6.07, 6.45) is 2.83. The molecule has 0 spiro atoms. The molecule has 0 aromatic heterocycles. The number of carboxylic acids is 1. The molecule has 0 saturated carbocycles. The summed E-state index contributed by atoms with van der Waals surface area (Å²) >= 11 is 0. The summed E-state index contributed by atoms with van der Waals surface area (Å²) in [6, 6.07) is 8.28. The van der Waals surface area contributed by atoms with Gasteiger partial charge in [-0.3, -0.25) is 4.79 Å². The van der Waals surface area contributed by atoms with Gasteiger partial charge >= 0.3 is 5.97 Å². The Balaban J connectivity index is 0.000000922. The molecule has 0 saturated heterocycles. The van der Waals surface area contributed by atoms with Gasteiger partial charge in [0.25, 0.3) is 0 Å². The van der Waals surface area contributed by atoms with Crippen molar-refractivity contribution in [3.8, 4) is 0 Å². The highest BCUT2D eigenvalue weighted by Gasteiger charge is 2.19.